The summed E-state index contributed by atoms with van der Waals surface area (Å²) >= 11 is 0. The summed E-state index contributed by atoms with van der Waals surface area (Å²) < 4.78 is 6.01. The number of hydrogen-bond donors (Lipinski definition) is 4. The summed E-state index contributed by atoms with van der Waals surface area (Å²) in [6.45, 7) is 10.5. The molecule has 2 bridgehead atoms. The number of piperazine rings is 1. The number of morpholine rings is 1. The molecule has 5 saturated heterocycles. The van der Waals surface area contributed by atoms with Crippen molar-refractivity contribution < 1.29 is 14.3 Å². The highest BCUT2D eigenvalue weighted by molar-refractivity contribution is 5.82. The molecular weight excluding hydrogens is 546 g/mol. The Morgan fingerprint density at radius 2 is 1.77 bits per heavy atom. The summed E-state index contributed by atoms with van der Waals surface area (Å²) in [6, 6.07) is 8.64. The van der Waals surface area contributed by atoms with Crippen molar-refractivity contribution in [2.75, 3.05) is 69.7 Å². The molecule has 0 radical (unpaired) electrons. The van der Waals surface area contributed by atoms with E-state index in [1.807, 2.05) is 9.91 Å². The van der Waals surface area contributed by atoms with E-state index in [0.717, 1.165) is 51.1 Å². The van der Waals surface area contributed by atoms with E-state index in [1.54, 1.807) is 0 Å². The minimum atomic E-state index is -0.215. The van der Waals surface area contributed by atoms with Crippen molar-refractivity contribution in [3.05, 3.63) is 36.4 Å². The Hall–Kier alpha value is -2.74. The first-order valence-electron chi connectivity index (χ1n) is 16.0. The molecule has 1 aromatic carbocycles. The summed E-state index contributed by atoms with van der Waals surface area (Å²) in [7, 11) is 2.17. The number of hydrazine groups is 1. The van der Waals surface area contributed by atoms with E-state index >= 15 is 0 Å². The molecule has 0 aliphatic carbocycles. The van der Waals surface area contributed by atoms with Crippen molar-refractivity contribution in [1.82, 2.24) is 35.8 Å². The van der Waals surface area contributed by atoms with Crippen molar-refractivity contribution in [3.63, 3.8) is 0 Å². The van der Waals surface area contributed by atoms with Gasteiger partial charge < -0.3 is 24.8 Å². The van der Waals surface area contributed by atoms with E-state index in [-0.39, 0.29) is 60.6 Å². The molecule has 0 spiro atoms. The number of carbonyl (C=O) groups excluding carboxylic acids is 2. The molecule has 2 amide bonds. The van der Waals surface area contributed by atoms with Crippen LogP contribution in [0.5, 0.6) is 0 Å². The Bertz CT molecular complexity index is 1220. The molecule has 6 aliphatic rings. The van der Waals surface area contributed by atoms with E-state index < -0.39 is 0 Å². The predicted molar refractivity (Wildman–Crippen MR) is 164 cm³/mol. The van der Waals surface area contributed by atoms with E-state index in [0.29, 0.717) is 19.6 Å². The zero-order valence-corrected chi connectivity index (χ0v) is 25.7. The van der Waals surface area contributed by atoms with Crippen molar-refractivity contribution in [3.8, 4) is 0 Å². The van der Waals surface area contributed by atoms with Crippen LogP contribution >= 0.6 is 0 Å². The molecule has 7 rings (SSSR count). The van der Waals surface area contributed by atoms with Crippen molar-refractivity contribution in [2.45, 2.75) is 64.0 Å². The smallest absolute Gasteiger partial charge is 0.249 e. The molecule has 6 atom stereocenters. The van der Waals surface area contributed by atoms with E-state index in [2.05, 4.69) is 93.4 Å². The Labute approximate surface area is 254 Å². The summed E-state index contributed by atoms with van der Waals surface area (Å²) in [6.07, 6.45) is 6.00. The molecule has 6 unspecified atom stereocenters. The average Bonchev–Trinajstić information content (AvgIpc) is 3.27. The van der Waals surface area contributed by atoms with Crippen LogP contribution in [0, 0.1) is 11.3 Å². The van der Waals surface area contributed by atoms with Crippen LogP contribution in [0.2, 0.25) is 0 Å². The second kappa shape index (κ2) is 11.6. The molecule has 0 aromatic heterocycles. The van der Waals surface area contributed by atoms with Crippen LogP contribution in [0.15, 0.2) is 36.4 Å². The van der Waals surface area contributed by atoms with Gasteiger partial charge >= 0.3 is 0 Å². The highest BCUT2D eigenvalue weighted by Gasteiger charge is 2.54. The molecule has 234 valence electrons. The van der Waals surface area contributed by atoms with Crippen LogP contribution < -0.4 is 26.2 Å². The maximum Gasteiger partial charge on any atom is 0.249 e. The lowest BCUT2D eigenvalue weighted by molar-refractivity contribution is -0.179. The number of likely N-dealkylation sites (N-methyl/N-ethyl adjacent to an activating group) is 1. The van der Waals surface area contributed by atoms with Gasteiger partial charge in [-0.15, -0.1) is 0 Å². The third-order valence-electron chi connectivity index (χ3n) is 9.99. The summed E-state index contributed by atoms with van der Waals surface area (Å²) in [5.41, 5.74) is 2.18. The lowest BCUT2D eigenvalue weighted by atomic mass is 9.87. The molecule has 12 heteroatoms. The number of fused-ring (bicyclic) bond motifs is 5. The maximum atomic E-state index is 13.8. The number of allylic oxidation sites excluding steroid dienone is 1. The van der Waals surface area contributed by atoms with Gasteiger partial charge in [0.05, 0.1) is 30.9 Å². The number of carbonyl (C=O) groups is 2. The standard InChI is InChI=1S/C31H47N9O3/c1-31(2)12-4-5-13-39-29(42)23-18-32-30(33-21-6-8-22(9-7-21)37-16-14-36(3)15-17-37)35-27(23)40(39)25-11-10-24-28(34-25)38(20-31)26(41)19-43-24/h4-9,23-25,27-28,30,32-35H,10-20H2,1-3H3/b5-4-. The van der Waals surface area contributed by atoms with Gasteiger partial charge in [-0.1, -0.05) is 26.0 Å². The summed E-state index contributed by atoms with van der Waals surface area (Å²) in [4.78, 5) is 33.7. The van der Waals surface area contributed by atoms with Crippen LogP contribution in [0.4, 0.5) is 11.4 Å². The first kappa shape index (κ1) is 29.0. The molecule has 0 saturated carbocycles. The fourth-order valence-corrected chi connectivity index (χ4v) is 7.53. The second-order valence-corrected chi connectivity index (χ2v) is 13.8. The Morgan fingerprint density at radius 1 is 0.977 bits per heavy atom. The first-order chi connectivity index (χ1) is 20.8. The van der Waals surface area contributed by atoms with Crippen molar-refractivity contribution in [1.29, 1.82) is 0 Å². The fourth-order valence-electron chi connectivity index (χ4n) is 7.53. The first-order valence-corrected chi connectivity index (χ1v) is 16.0. The zero-order chi connectivity index (χ0) is 29.7. The molecular formula is C31H47N9O3. The second-order valence-electron chi connectivity index (χ2n) is 13.8. The molecule has 6 aliphatic heterocycles. The number of amides is 2. The van der Waals surface area contributed by atoms with E-state index in [9.17, 15) is 9.59 Å². The van der Waals surface area contributed by atoms with Crippen LogP contribution in [0.1, 0.15) is 33.1 Å². The minimum absolute atomic E-state index is 0.0265. The third-order valence-corrected chi connectivity index (χ3v) is 9.99. The number of hydrogen-bond acceptors (Lipinski definition) is 10. The Balaban J connectivity index is 1.09. The number of anilines is 2. The van der Waals surface area contributed by atoms with Gasteiger partial charge in [0.2, 0.25) is 11.8 Å². The maximum absolute atomic E-state index is 13.8. The number of nitrogens with zero attached hydrogens (tertiary/aromatic N) is 5. The zero-order valence-electron chi connectivity index (χ0n) is 25.7. The van der Waals surface area contributed by atoms with Gasteiger partial charge in [-0.2, -0.15) is 5.01 Å². The Kier molecular flexibility index (Phi) is 7.85. The van der Waals surface area contributed by atoms with Gasteiger partial charge in [0.15, 0.2) is 0 Å². The van der Waals surface area contributed by atoms with Gasteiger partial charge in [-0.3, -0.25) is 30.5 Å². The summed E-state index contributed by atoms with van der Waals surface area (Å²) in [5, 5.41) is 18.7. The SMILES string of the molecule is CN1CCN(c2ccc(NC3NCC4C(=O)N5C/C=C\CC(C)(C)CN6C(=O)COC7CCC(NC76)N5C4N3)cc2)CC1. The predicted octanol–water partition coefficient (Wildman–Crippen LogP) is 0.577. The largest absolute Gasteiger partial charge is 0.369 e. The molecule has 43 heavy (non-hydrogen) atoms. The van der Waals surface area contributed by atoms with Crippen molar-refractivity contribution >= 4 is 23.2 Å². The van der Waals surface area contributed by atoms with Gasteiger partial charge in [0, 0.05) is 50.6 Å². The summed E-state index contributed by atoms with van der Waals surface area (Å²) in [5.74, 6) is -0.0659. The number of ether oxygens (including phenoxy) is 1. The van der Waals surface area contributed by atoms with Crippen LogP contribution in [0.25, 0.3) is 0 Å². The van der Waals surface area contributed by atoms with Crippen molar-refractivity contribution in [2.24, 2.45) is 11.3 Å². The van der Waals surface area contributed by atoms with Crippen LogP contribution in [0.3, 0.4) is 0 Å². The lowest BCUT2D eigenvalue weighted by Crippen LogP contribution is -2.72. The topological polar surface area (TPSA) is 108 Å². The van der Waals surface area contributed by atoms with E-state index in [1.165, 1.54) is 5.69 Å². The van der Waals surface area contributed by atoms with E-state index in [4.69, 9.17) is 4.74 Å². The Morgan fingerprint density at radius 3 is 2.56 bits per heavy atom. The quantitative estimate of drug-likeness (QED) is 0.372. The third kappa shape index (κ3) is 5.76. The molecule has 6 heterocycles. The molecule has 4 N–H and O–H groups in total. The normalized spacial score (nSPS) is 35.9. The van der Waals surface area contributed by atoms with Gasteiger partial charge in [-0.25, -0.2) is 0 Å². The van der Waals surface area contributed by atoms with Gasteiger partial charge in [0.1, 0.15) is 19.1 Å². The molecule has 1 aromatic rings. The molecule has 12 nitrogen and oxygen atoms in total. The molecule has 5 fully saturated rings. The van der Waals surface area contributed by atoms with Crippen LogP contribution in [-0.4, -0.2) is 122 Å². The number of nitrogens with one attached hydrogen (secondary N) is 4. The fraction of sp³-hybridized carbons (Fsp3) is 0.677. The minimum Gasteiger partial charge on any atom is -0.369 e. The number of rotatable bonds is 3. The number of piperidine rings is 1. The van der Waals surface area contributed by atoms with Gasteiger partial charge in [-0.05, 0) is 56.0 Å². The lowest BCUT2D eigenvalue weighted by Gasteiger charge is -2.51. The number of benzene rings is 1. The monoisotopic (exact) mass is 593 g/mol. The highest BCUT2D eigenvalue weighted by atomic mass is 16.5. The average molecular weight is 594 g/mol. The highest BCUT2D eigenvalue weighted by Crippen LogP contribution is 2.35. The van der Waals surface area contributed by atoms with Gasteiger partial charge in [0.25, 0.3) is 0 Å². The van der Waals surface area contributed by atoms with Crippen LogP contribution in [-0.2, 0) is 14.3 Å².